The molecule has 18 heavy (non-hydrogen) atoms. The van der Waals surface area contributed by atoms with Gasteiger partial charge in [0.05, 0.1) is 37.0 Å². The fourth-order valence-electron chi connectivity index (χ4n) is 1.25. The Morgan fingerprint density at radius 2 is 2.17 bits per heavy atom. The van der Waals surface area contributed by atoms with E-state index in [0.29, 0.717) is 36.2 Å². The van der Waals surface area contributed by atoms with E-state index in [2.05, 4.69) is 5.32 Å². The van der Waals surface area contributed by atoms with Crippen LogP contribution in [-0.4, -0.2) is 32.8 Å². The Bertz CT molecular complexity index is 399. The first-order valence-electron chi connectivity index (χ1n) is 5.55. The summed E-state index contributed by atoms with van der Waals surface area (Å²) < 4.78 is 10.0. The standard InChI is InChI=1S/C12H17ClN2O3/c1-17-6-7-18-5-4-12(16)15-11-3-2-9(14)8-10(11)13/h2-3,8H,4-7,14H2,1H3,(H,15,16). The van der Waals surface area contributed by atoms with E-state index < -0.39 is 0 Å². The van der Waals surface area contributed by atoms with Gasteiger partial charge in [0, 0.05) is 12.8 Å². The maximum atomic E-state index is 11.6. The highest BCUT2D eigenvalue weighted by atomic mass is 35.5. The predicted octanol–water partition coefficient (Wildman–Crippen LogP) is 1.91. The molecule has 6 heteroatoms. The number of amides is 1. The minimum absolute atomic E-state index is 0.154. The van der Waals surface area contributed by atoms with E-state index in [1.807, 2.05) is 0 Å². The second-order valence-corrected chi connectivity index (χ2v) is 4.05. The number of rotatable bonds is 7. The van der Waals surface area contributed by atoms with Gasteiger partial charge in [0.15, 0.2) is 0 Å². The molecule has 0 aliphatic rings. The smallest absolute Gasteiger partial charge is 0.226 e. The van der Waals surface area contributed by atoms with Crippen LogP contribution >= 0.6 is 11.6 Å². The molecule has 1 amide bonds. The van der Waals surface area contributed by atoms with Crippen LogP contribution in [0, 0.1) is 0 Å². The van der Waals surface area contributed by atoms with Crippen molar-refractivity contribution in [3.8, 4) is 0 Å². The van der Waals surface area contributed by atoms with Crippen molar-refractivity contribution < 1.29 is 14.3 Å². The molecule has 0 aliphatic carbocycles. The average molecular weight is 273 g/mol. The zero-order valence-corrected chi connectivity index (χ0v) is 11.0. The number of anilines is 2. The van der Waals surface area contributed by atoms with Crippen LogP contribution in [0.1, 0.15) is 6.42 Å². The summed E-state index contributed by atoms with van der Waals surface area (Å²) in [5.41, 5.74) is 6.66. The van der Waals surface area contributed by atoms with Crippen molar-refractivity contribution in [3.63, 3.8) is 0 Å². The van der Waals surface area contributed by atoms with Gasteiger partial charge in [-0.25, -0.2) is 0 Å². The predicted molar refractivity (Wildman–Crippen MR) is 71.8 cm³/mol. The van der Waals surface area contributed by atoms with Crippen LogP contribution in [0.5, 0.6) is 0 Å². The number of nitrogen functional groups attached to an aromatic ring is 1. The van der Waals surface area contributed by atoms with Gasteiger partial charge >= 0.3 is 0 Å². The van der Waals surface area contributed by atoms with Crippen LogP contribution in [0.2, 0.25) is 5.02 Å². The van der Waals surface area contributed by atoms with Gasteiger partial charge in [-0.2, -0.15) is 0 Å². The summed E-state index contributed by atoms with van der Waals surface area (Å²) in [4.78, 5) is 11.6. The Balaban J connectivity index is 2.31. The first kappa shape index (κ1) is 14.8. The topological polar surface area (TPSA) is 73.6 Å². The summed E-state index contributed by atoms with van der Waals surface area (Å²) in [6.07, 6.45) is 0.268. The Labute approximate surface area is 111 Å². The van der Waals surface area contributed by atoms with Gasteiger partial charge in [0.25, 0.3) is 0 Å². The lowest BCUT2D eigenvalue weighted by Gasteiger charge is -2.08. The number of ether oxygens (including phenoxy) is 2. The minimum Gasteiger partial charge on any atom is -0.399 e. The lowest BCUT2D eigenvalue weighted by atomic mass is 10.2. The van der Waals surface area contributed by atoms with Gasteiger partial charge in [0.2, 0.25) is 5.91 Å². The summed E-state index contributed by atoms with van der Waals surface area (Å²) in [7, 11) is 1.60. The van der Waals surface area contributed by atoms with Gasteiger partial charge in [-0.15, -0.1) is 0 Å². The van der Waals surface area contributed by atoms with Crippen molar-refractivity contribution in [3.05, 3.63) is 23.2 Å². The van der Waals surface area contributed by atoms with E-state index in [1.165, 1.54) is 0 Å². The summed E-state index contributed by atoms with van der Waals surface area (Å²) in [6.45, 7) is 1.35. The van der Waals surface area contributed by atoms with E-state index in [-0.39, 0.29) is 12.3 Å². The van der Waals surface area contributed by atoms with E-state index in [1.54, 1.807) is 25.3 Å². The third kappa shape index (κ3) is 5.35. The third-order valence-electron chi connectivity index (χ3n) is 2.17. The molecule has 1 rings (SSSR count). The molecule has 0 unspecified atom stereocenters. The summed E-state index contributed by atoms with van der Waals surface area (Å²) in [6, 6.07) is 4.93. The summed E-state index contributed by atoms with van der Waals surface area (Å²) >= 11 is 5.93. The SMILES string of the molecule is COCCOCCC(=O)Nc1ccc(N)cc1Cl. The molecule has 3 N–H and O–H groups in total. The summed E-state index contributed by atoms with van der Waals surface area (Å²) in [5.74, 6) is -0.154. The Kier molecular flexibility index (Phi) is 6.49. The van der Waals surface area contributed by atoms with Gasteiger partial charge in [-0.1, -0.05) is 11.6 Å². The fraction of sp³-hybridized carbons (Fsp3) is 0.417. The molecule has 0 saturated carbocycles. The molecule has 0 aliphatic heterocycles. The normalized spacial score (nSPS) is 10.3. The molecule has 0 spiro atoms. The van der Waals surface area contributed by atoms with Crippen molar-refractivity contribution in [1.29, 1.82) is 0 Å². The van der Waals surface area contributed by atoms with Crippen molar-refractivity contribution >= 4 is 28.9 Å². The molecular formula is C12H17ClN2O3. The van der Waals surface area contributed by atoms with Gasteiger partial charge in [-0.3, -0.25) is 4.79 Å². The molecule has 100 valence electrons. The number of methoxy groups -OCH3 is 1. The number of carbonyl (C=O) groups excluding carboxylic acids is 1. The second kappa shape index (κ2) is 7.92. The molecule has 0 aromatic heterocycles. The number of carbonyl (C=O) groups is 1. The lowest BCUT2D eigenvalue weighted by Crippen LogP contribution is -2.15. The first-order chi connectivity index (χ1) is 8.63. The summed E-state index contributed by atoms with van der Waals surface area (Å²) in [5, 5.41) is 3.11. The Morgan fingerprint density at radius 1 is 1.39 bits per heavy atom. The van der Waals surface area contributed by atoms with Gasteiger partial charge in [-0.05, 0) is 18.2 Å². The Morgan fingerprint density at radius 3 is 2.83 bits per heavy atom. The van der Waals surface area contributed by atoms with E-state index >= 15 is 0 Å². The van der Waals surface area contributed by atoms with E-state index in [0.717, 1.165) is 0 Å². The number of nitrogens with two attached hydrogens (primary N) is 1. The average Bonchev–Trinajstić information content (AvgIpc) is 2.32. The van der Waals surface area contributed by atoms with Gasteiger partial charge in [0.1, 0.15) is 0 Å². The number of benzene rings is 1. The molecule has 0 bridgehead atoms. The zero-order chi connectivity index (χ0) is 13.4. The highest BCUT2D eigenvalue weighted by Crippen LogP contribution is 2.23. The monoisotopic (exact) mass is 272 g/mol. The van der Waals surface area contributed by atoms with Crippen molar-refractivity contribution in [1.82, 2.24) is 0 Å². The molecule has 0 atom stereocenters. The number of nitrogens with one attached hydrogen (secondary N) is 1. The van der Waals surface area contributed by atoms with Crippen molar-refractivity contribution in [2.75, 3.05) is 38.0 Å². The van der Waals surface area contributed by atoms with Crippen molar-refractivity contribution in [2.45, 2.75) is 6.42 Å². The van der Waals surface area contributed by atoms with Gasteiger partial charge < -0.3 is 20.5 Å². The van der Waals surface area contributed by atoms with Crippen LogP contribution in [0.25, 0.3) is 0 Å². The molecule has 1 aromatic rings. The molecule has 0 radical (unpaired) electrons. The van der Waals surface area contributed by atoms with Crippen LogP contribution in [0.4, 0.5) is 11.4 Å². The highest BCUT2D eigenvalue weighted by molar-refractivity contribution is 6.34. The number of halogens is 1. The second-order valence-electron chi connectivity index (χ2n) is 3.64. The lowest BCUT2D eigenvalue weighted by molar-refractivity contribution is -0.117. The maximum Gasteiger partial charge on any atom is 0.226 e. The highest BCUT2D eigenvalue weighted by Gasteiger charge is 2.05. The van der Waals surface area contributed by atoms with Crippen LogP contribution in [0.3, 0.4) is 0 Å². The number of hydrogen-bond donors (Lipinski definition) is 2. The molecule has 5 nitrogen and oxygen atoms in total. The molecule has 0 heterocycles. The van der Waals surface area contributed by atoms with Crippen molar-refractivity contribution in [2.24, 2.45) is 0 Å². The van der Waals surface area contributed by atoms with E-state index in [4.69, 9.17) is 26.8 Å². The quantitative estimate of drug-likeness (QED) is 0.587. The minimum atomic E-state index is -0.154. The first-order valence-corrected chi connectivity index (χ1v) is 5.93. The zero-order valence-electron chi connectivity index (χ0n) is 10.2. The number of hydrogen-bond acceptors (Lipinski definition) is 4. The molecule has 1 aromatic carbocycles. The van der Waals surface area contributed by atoms with Crippen LogP contribution < -0.4 is 11.1 Å². The molecule has 0 saturated heterocycles. The third-order valence-corrected chi connectivity index (χ3v) is 2.49. The van der Waals surface area contributed by atoms with E-state index in [9.17, 15) is 4.79 Å². The maximum absolute atomic E-state index is 11.6. The fourth-order valence-corrected chi connectivity index (χ4v) is 1.49. The molecular weight excluding hydrogens is 256 g/mol. The Hall–Kier alpha value is -1.30. The van der Waals surface area contributed by atoms with Crippen LogP contribution in [-0.2, 0) is 14.3 Å². The van der Waals surface area contributed by atoms with Crippen LogP contribution in [0.15, 0.2) is 18.2 Å². The largest absolute Gasteiger partial charge is 0.399 e. The molecule has 0 fully saturated rings.